The van der Waals surface area contributed by atoms with Crippen molar-refractivity contribution in [1.29, 1.82) is 0 Å². The molecule has 0 bridgehead atoms. The van der Waals surface area contributed by atoms with Gasteiger partial charge in [0.2, 0.25) is 0 Å². The molecule has 1 rings (SSSR count). The normalized spacial score (nSPS) is 10.3. The van der Waals surface area contributed by atoms with Crippen LogP contribution in [0.4, 0.5) is 0 Å². The number of hydrogen-bond donors (Lipinski definition) is 0. The van der Waals surface area contributed by atoms with E-state index in [1.807, 2.05) is 39.8 Å². The molecule has 3 nitrogen and oxygen atoms in total. The van der Waals surface area contributed by atoms with Gasteiger partial charge >= 0.3 is 21.0 Å². The van der Waals surface area contributed by atoms with Gasteiger partial charge in [0.1, 0.15) is 0 Å². The van der Waals surface area contributed by atoms with E-state index < -0.39 is 0 Å². The monoisotopic (exact) mass is 276 g/mol. The first-order chi connectivity index (χ1) is 8.33. The summed E-state index contributed by atoms with van der Waals surface area (Å²) in [7, 11) is 0. The average Bonchev–Trinajstić information content (AvgIpc) is 2.93. The first kappa shape index (κ1) is 22.0. The van der Waals surface area contributed by atoms with Crippen LogP contribution in [0.25, 0.3) is 10.6 Å². The summed E-state index contributed by atoms with van der Waals surface area (Å²) >= 11 is 1.06. The number of allylic oxidation sites excluding steroid dienone is 4. The summed E-state index contributed by atoms with van der Waals surface area (Å²) in [6, 6.07) is 0. The van der Waals surface area contributed by atoms with Crippen molar-refractivity contribution in [2.45, 2.75) is 34.1 Å². The molecule has 0 amide bonds. The van der Waals surface area contributed by atoms with Gasteiger partial charge in [-0.05, 0) is 0 Å². The molecular weight excluding hydrogens is 251 g/mol. The average molecular weight is 276 g/mol. The van der Waals surface area contributed by atoms with Crippen molar-refractivity contribution in [1.82, 2.24) is 0 Å². The third kappa shape index (κ3) is 38.9. The molecule has 4 heteroatoms. The molecule has 1 aliphatic carbocycles. The summed E-state index contributed by atoms with van der Waals surface area (Å²) in [4.78, 5) is 0. The van der Waals surface area contributed by atoms with Gasteiger partial charge in [-0.3, -0.25) is 6.08 Å². The van der Waals surface area contributed by atoms with Crippen LogP contribution in [-0.2, 0) is 21.0 Å². The molecule has 101 valence electrons. The van der Waals surface area contributed by atoms with Crippen LogP contribution in [0.1, 0.15) is 34.1 Å². The van der Waals surface area contributed by atoms with Gasteiger partial charge in [-0.25, -0.2) is 12.2 Å². The molecule has 1 aliphatic rings. The van der Waals surface area contributed by atoms with Gasteiger partial charge in [0, 0.05) is 0 Å². The van der Waals surface area contributed by atoms with Crippen LogP contribution in [0.15, 0.2) is 18.2 Å². The first-order valence-corrected chi connectivity index (χ1v) is 6.56. The summed E-state index contributed by atoms with van der Waals surface area (Å²) < 4.78 is 8.19. The number of rotatable bonds is 4. The Labute approximate surface area is 116 Å². The Morgan fingerprint density at radius 3 is 1.47 bits per heavy atom. The molecular formula is C13H25N2OV-3. The Morgan fingerprint density at radius 2 is 1.41 bits per heavy atom. The van der Waals surface area contributed by atoms with Gasteiger partial charge in [0.15, 0.2) is 0 Å². The van der Waals surface area contributed by atoms with Crippen LogP contribution in [0, 0.1) is 6.08 Å². The maximum atomic E-state index is 8.19. The van der Waals surface area contributed by atoms with Crippen LogP contribution < -0.4 is 0 Å². The number of hydrogen-bond acceptors (Lipinski definition) is 1. The van der Waals surface area contributed by atoms with Crippen molar-refractivity contribution in [3.05, 3.63) is 34.9 Å². The second-order valence-electron chi connectivity index (χ2n) is 2.72. The van der Waals surface area contributed by atoms with Crippen LogP contribution in [0.5, 0.6) is 0 Å². The molecule has 0 aliphatic heterocycles. The minimum atomic E-state index is 0.969. The van der Waals surface area contributed by atoms with Gasteiger partial charge in [-0.1, -0.05) is 27.7 Å². The predicted octanol–water partition coefficient (Wildman–Crippen LogP) is 3.98. The Morgan fingerprint density at radius 1 is 1.00 bits per heavy atom. The van der Waals surface area contributed by atoms with Crippen molar-refractivity contribution in [3.63, 3.8) is 0 Å². The molecule has 17 heavy (non-hydrogen) atoms. The third-order valence-corrected chi connectivity index (χ3v) is 1.48. The van der Waals surface area contributed by atoms with Crippen LogP contribution >= 0.6 is 0 Å². The van der Waals surface area contributed by atoms with Gasteiger partial charge in [0.25, 0.3) is 0 Å². The second kappa shape index (κ2) is 29.7. The molecule has 0 aromatic carbocycles. The van der Waals surface area contributed by atoms with E-state index >= 15 is 0 Å². The fourth-order valence-corrected chi connectivity index (χ4v) is 0.787. The Bertz CT molecular complexity index is 141. The fraction of sp³-hybridized carbons (Fsp3) is 0.692. The van der Waals surface area contributed by atoms with E-state index in [4.69, 9.17) is 3.67 Å². The zero-order chi connectivity index (χ0) is 13.8. The van der Waals surface area contributed by atoms with Crippen LogP contribution in [0.2, 0.25) is 0 Å². The number of nitrogens with zero attached hydrogens (tertiary/aromatic N) is 2. The van der Waals surface area contributed by atoms with E-state index in [0.717, 1.165) is 50.0 Å². The zero-order valence-electron chi connectivity index (χ0n) is 11.5. The Balaban J connectivity index is -0.000000161. The molecule has 0 saturated heterocycles. The van der Waals surface area contributed by atoms with E-state index in [-0.39, 0.29) is 0 Å². The van der Waals surface area contributed by atoms with E-state index in [1.165, 1.54) is 0 Å². The van der Waals surface area contributed by atoms with E-state index in [1.54, 1.807) is 0 Å². The summed E-state index contributed by atoms with van der Waals surface area (Å²) in [6.07, 6.45) is 10.0. The molecule has 0 fully saturated rings. The maximum absolute atomic E-state index is 8.19. The van der Waals surface area contributed by atoms with Crippen molar-refractivity contribution < 1.29 is 21.0 Å². The van der Waals surface area contributed by atoms with Crippen molar-refractivity contribution in [3.8, 4) is 0 Å². The molecule has 0 unspecified atom stereocenters. The second-order valence-corrected chi connectivity index (χ2v) is 2.72. The molecule has 0 saturated carbocycles. The minimum absolute atomic E-state index is 0.969. The van der Waals surface area contributed by atoms with E-state index in [0.29, 0.717) is 0 Å². The van der Waals surface area contributed by atoms with Gasteiger partial charge in [0.05, 0.1) is 0 Å². The first-order valence-electron chi connectivity index (χ1n) is 5.99. The van der Waals surface area contributed by atoms with Crippen LogP contribution in [0.3, 0.4) is 0 Å². The van der Waals surface area contributed by atoms with Crippen molar-refractivity contribution in [2.24, 2.45) is 0 Å². The van der Waals surface area contributed by atoms with Crippen molar-refractivity contribution >= 4 is 0 Å². The Hall–Kier alpha value is -0.216. The van der Waals surface area contributed by atoms with E-state index in [9.17, 15) is 0 Å². The summed E-state index contributed by atoms with van der Waals surface area (Å²) in [5, 5.41) is 7.94. The summed E-state index contributed by atoms with van der Waals surface area (Å²) in [6.45, 7) is 12.1. The standard InChI is InChI=1S/C5H5.2C4H10N.O.V/c1-2-4-5-3-1;2*1-3-5-4-2;;/h1-3H,4H2;2*3-4H2,1-2H3;;/q3*-1;;. The van der Waals surface area contributed by atoms with Gasteiger partial charge < -0.3 is 10.6 Å². The molecule has 0 N–H and O–H groups in total. The van der Waals surface area contributed by atoms with Gasteiger partial charge in [-0.15, -0.1) is 6.42 Å². The molecule has 0 aromatic heterocycles. The Kier molecular flexibility index (Phi) is 38.4. The van der Waals surface area contributed by atoms with Gasteiger partial charge in [-0.2, -0.15) is 32.3 Å². The zero-order valence-corrected chi connectivity index (χ0v) is 12.9. The van der Waals surface area contributed by atoms with E-state index in [2.05, 4.69) is 22.8 Å². The fourth-order valence-electron chi connectivity index (χ4n) is 0.787. The molecule has 0 aromatic rings. The molecule has 0 spiro atoms. The SMILES string of the molecule is CC[N-]CC.CC[N-]CC.[C-]1=CC=CC1.[O]=[V]. The molecule has 0 heterocycles. The predicted molar refractivity (Wildman–Crippen MR) is 71.1 cm³/mol. The van der Waals surface area contributed by atoms with Crippen LogP contribution in [-0.4, -0.2) is 26.2 Å². The molecule has 0 radical (unpaired) electrons. The summed E-state index contributed by atoms with van der Waals surface area (Å²) in [5.74, 6) is 0. The topological polar surface area (TPSA) is 45.3 Å². The third-order valence-electron chi connectivity index (χ3n) is 1.48. The molecule has 0 atom stereocenters. The summed E-state index contributed by atoms with van der Waals surface area (Å²) in [5.41, 5.74) is 0. The van der Waals surface area contributed by atoms with Crippen molar-refractivity contribution in [2.75, 3.05) is 26.2 Å². The quantitative estimate of drug-likeness (QED) is 0.716.